The first-order valence-corrected chi connectivity index (χ1v) is 11.4. The van der Waals surface area contributed by atoms with Gasteiger partial charge >= 0.3 is 0 Å². The fourth-order valence-electron chi connectivity index (χ4n) is 2.96. The third-order valence-electron chi connectivity index (χ3n) is 4.65. The van der Waals surface area contributed by atoms with Gasteiger partial charge < -0.3 is 5.32 Å². The van der Waals surface area contributed by atoms with Crippen LogP contribution in [0.1, 0.15) is 26.3 Å². The highest BCUT2D eigenvalue weighted by molar-refractivity contribution is 7.13. The Labute approximate surface area is 203 Å². The van der Waals surface area contributed by atoms with Gasteiger partial charge in [-0.15, -0.1) is 11.3 Å². The van der Waals surface area contributed by atoms with E-state index < -0.39 is 11.8 Å². The van der Waals surface area contributed by atoms with E-state index in [0.717, 1.165) is 16.1 Å². The molecule has 0 fully saturated rings. The van der Waals surface area contributed by atoms with Crippen molar-refractivity contribution in [2.75, 3.05) is 5.32 Å². The maximum Gasteiger partial charge on any atom is 0.272 e. The highest BCUT2D eigenvalue weighted by Gasteiger charge is 2.16. The van der Waals surface area contributed by atoms with Crippen LogP contribution in [0.25, 0.3) is 10.6 Å². The Kier molecular flexibility index (Phi) is 6.88. The number of amides is 2. The first-order chi connectivity index (χ1) is 15.9. The molecule has 0 radical (unpaired) electrons. The van der Waals surface area contributed by atoms with Crippen LogP contribution in [0.5, 0.6) is 0 Å². The number of hydrogen-bond donors (Lipinski definition) is 3. The van der Waals surface area contributed by atoms with E-state index in [1.807, 2.05) is 30.5 Å². The van der Waals surface area contributed by atoms with Crippen molar-refractivity contribution in [2.45, 2.75) is 6.92 Å². The van der Waals surface area contributed by atoms with E-state index in [0.29, 0.717) is 17.2 Å². The minimum Gasteiger partial charge on any atom is -0.324 e. The molecule has 0 atom stereocenters. The van der Waals surface area contributed by atoms with Gasteiger partial charge in [-0.25, -0.2) is 9.97 Å². The number of rotatable bonds is 5. The second kappa shape index (κ2) is 9.99. The van der Waals surface area contributed by atoms with Crippen LogP contribution in [0.2, 0.25) is 10.0 Å². The number of carbonyl (C=O) groups excluding carboxylic acids is 2. The molecule has 4 rings (SSSR count). The summed E-state index contributed by atoms with van der Waals surface area (Å²) in [5.74, 6) is -0.728. The van der Waals surface area contributed by atoms with Crippen molar-refractivity contribution in [1.29, 1.82) is 0 Å². The molecular formula is C23H17Cl2N5O2S. The number of hydrazine groups is 1. The molecule has 10 heteroatoms. The van der Waals surface area contributed by atoms with Crippen LogP contribution in [0.15, 0.2) is 66.2 Å². The predicted octanol–water partition coefficient (Wildman–Crippen LogP) is 5.64. The van der Waals surface area contributed by atoms with Crippen molar-refractivity contribution in [3.8, 4) is 10.6 Å². The summed E-state index contributed by atoms with van der Waals surface area (Å²) in [6, 6.07) is 15.6. The summed E-state index contributed by atoms with van der Waals surface area (Å²) >= 11 is 13.7. The molecular weight excluding hydrogens is 481 g/mol. The summed E-state index contributed by atoms with van der Waals surface area (Å²) in [6.45, 7) is 1.90. The molecule has 7 nitrogen and oxygen atoms in total. The van der Waals surface area contributed by atoms with Gasteiger partial charge in [-0.05, 0) is 54.3 Å². The molecule has 2 heterocycles. The van der Waals surface area contributed by atoms with Gasteiger partial charge in [0, 0.05) is 17.4 Å². The van der Waals surface area contributed by atoms with E-state index >= 15 is 0 Å². The van der Waals surface area contributed by atoms with Crippen LogP contribution in [0, 0.1) is 6.92 Å². The predicted molar refractivity (Wildman–Crippen MR) is 131 cm³/mol. The van der Waals surface area contributed by atoms with Gasteiger partial charge in [-0.3, -0.25) is 20.4 Å². The molecule has 4 aromatic rings. The van der Waals surface area contributed by atoms with E-state index in [1.54, 1.807) is 41.8 Å². The largest absolute Gasteiger partial charge is 0.324 e. The van der Waals surface area contributed by atoms with E-state index in [2.05, 4.69) is 26.1 Å². The lowest BCUT2D eigenvalue weighted by Gasteiger charge is -2.12. The number of benzene rings is 2. The molecule has 0 aliphatic heterocycles. The number of nitrogens with zero attached hydrogens (tertiary/aromatic N) is 2. The molecule has 0 aliphatic rings. The van der Waals surface area contributed by atoms with Crippen molar-refractivity contribution in [1.82, 2.24) is 20.8 Å². The van der Waals surface area contributed by atoms with Gasteiger partial charge in [0.05, 0.1) is 26.2 Å². The molecule has 0 spiro atoms. The summed E-state index contributed by atoms with van der Waals surface area (Å²) in [6.07, 6.45) is 1.67. The highest BCUT2D eigenvalue weighted by Crippen LogP contribution is 2.26. The maximum absolute atomic E-state index is 12.6. The lowest BCUT2D eigenvalue weighted by Crippen LogP contribution is -2.41. The molecule has 166 valence electrons. The normalized spacial score (nSPS) is 10.5. The monoisotopic (exact) mass is 497 g/mol. The minimum atomic E-state index is -0.622. The van der Waals surface area contributed by atoms with Crippen LogP contribution in [0.3, 0.4) is 0 Å². The number of nitrogens with one attached hydrogen (secondary N) is 3. The summed E-state index contributed by atoms with van der Waals surface area (Å²) < 4.78 is 0. The fraction of sp³-hybridized carbons (Fsp3) is 0.0435. The molecule has 0 aliphatic carbocycles. The van der Waals surface area contributed by atoms with Crippen LogP contribution < -0.4 is 16.2 Å². The zero-order valence-electron chi connectivity index (χ0n) is 17.2. The zero-order valence-corrected chi connectivity index (χ0v) is 19.6. The molecule has 2 aromatic heterocycles. The van der Waals surface area contributed by atoms with Crippen LogP contribution in [0.4, 0.5) is 11.6 Å². The fourth-order valence-corrected chi connectivity index (χ4v) is 4.23. The number of anilines is 2. The highest BCUT2D eigenvalue weighted by atomic mass is 35.5. The van der Waals surface area contributed by atoms with Crippen molar-refractivity contribution >= 4 is 58.0 Å². The van der Waals surface area contributed by atoms with E-state index in [-0.39, 0.29) is 15.6 Å². The van der Waals surface area contributed by atoms with E-state index in [4.69, 9.17) is 23.2 Å². The third-order valence-corrected chi connectivity index (χ3v) is 6.18. The molecule has 0 saturated heterocycles. The number of carbonyl (C=O) groups is 2. The lowest BCUT2D eigenvalue weighted by molar-refractivity contribution is 0.0847. The Morgan fingerprint density at radius 3 is 2.42 bits per heavy atom. The molecule has 0 bridgehead atoms. The van der Waals surface area contributed by atoms with Gasteiger partial charge in [0.1, 0.15) is 0 Å². The second-order valence-electron chi connectivity index (χ2n) is 6.90. The van der Waals surface area contributed by atoms with E-state index in [9.17, 15) is 9.59 Å². The second-order valence-corrected chi connectivity index (χ2v) is 8.66. The molecule has 0 saturated carbocycles. The molecule has 0 unspecified atom stereocenters. The number of hydrogen-bond acceptors (Lipinski definition) is 6. The first kappa shape index (κ1) is 22.7. The number of thiophene rings is 1. The van der Waals surface area contributed by atoms with Crippen molar-refractivity contribution in [2.24, 2.45) is 0 Å². The van der Waals surface area contributed by atoms with E-state index in [1.165, 1.54) is 12.1 Å². The summed E-state index contributed by atoms with van der Waals surface area (Å²) in [7, 11) is 0. The van der Waals surface area contributed by atoms with Crippen molar-refractivity contribution in [3.05, 3.63) is 92.9 Å². The van der Waals surface area contributed by atoms with Gasteiger partial charge in [-0.2, -0.15) is 0 Å². The van der Waals surface area contributed by atoms with Crippen LogP contribution in [-0.4, -0.2) is 21.8 Å². The number of halogens is 2. The van der Waals surface area contributed by atoms with Gasteiger partial charge in [0.2, 0.25) is 5.95 Å². The summed E-state index contributed by atoms with van der Waals surface area (Å²) in [5, 5.41) is 5.50. The lowest BCUT2D eigenvalue weighted by atomic mass is 10.1. The molecule has 2 amide bonds. The minimum absolute atomic E-state index is 0.0789. The van der Waals surface area contributed by atoms with Gasteiger partial charge in [0.15, 0.2) is 0 Å². The Bertz CT molecular complexity index is 1310. The maximum atomic E-state index is 12.6. The molecule has 3 N–H and O–H groups in total. The first-order valence-electron chi connectivity index (χ1n) is 9.71. The SMILES string of the molecule is Cc1ccc(C(=O)NNC(=O)c2c(Cl)cccc2Cl)cc1Nc1nccc(-c2cccs2)n1. The summed E-state index contributed by atoms with van der Waals surface area (Å²) in [5.41, 5.74) is 7.46. The zero-order chi connectivity index (χ0) is 23.4. The van der Waals surface area contributed by atoms with Gasteiger partial charge in [-0.1, -0.05) is 41.4 Å². The topological polar surface area (TPSA) is 96.0 Å². The van der Waals surface area contributed by atoms with Gasteiger partial charge in [0.25, 0.3) is 11.8 Å². The third kappa shape index (κ3) is 5.31. The summed E-state index contributed by atoms with van der Waals surface area (Å²) in [4.78, 5) is 34.9. The van der Waals surface area contributed by atoms with Crippen molar-refractivity contribution in [3.63, 3.8) is 0 Å². The Morgan fingerprint density at radius 1 is 0.939 bits per heavy atom. The van der Waals surface area contributed by atoms with Crippen LogP contribution in [-0.2, 0) is 0 Å². The number of aryl methyl sites for hydroxylation is 1. The Hall–Kier alpha value is -3.46. The quantitative estimate of drug-likeness (QED) is 0.310. The molecule has 33 heavy (non-hydrogen) atoms. The average molecular weight is 498 g/mol. The smallest absolute Gasteiger partial charge is 0.272 e. The van der Waals surface area contributed by atoms with Crippen molar-refractivity contribution < 1.29 is 9.59 Å². The van der Waals surface area contributed by atoms with Crippen LogP contribution >= 0.6 is 34.5 Å². The number of aromatic nitrogens is 2. The Morgan fingerprint density at radius 2 is 1.70 bits per heavy atom. The standard InChI is InChI=1S/C23H17Cl2N5O2S/c1-13-7-8-14(21(31)29-30-22(32)20-15(24)4-2-5-16(20)25)12-18(13)28-23-26-10-9-17(27-23)19-6-3-11-33-19/h2-12H,1H3,(H,29,31)(H,30,32)(H,26,27,28). The molecule has 2 aromatic carbocycles. The average Bonchev–Trinajstić information content (AvgIpc) is 3.34. The Balaban J connectivity index is 1.47.